The van der Waals surface area contributed by atoms with E-state index in [2.05, 4.69) is 16.4 Å². The van der Waals surface area contributed by atoms with Crippen molar-refractivity contribution in [3.05, 3.63) is 0 Å². The van der Waals surface area contributed by atoms with Crippen LogP contribution < -0.4 is 22.1 Å². The van der Waals surface area contributed by atoms with Gasteiger partial charge in [-0.15, -0.1) is 0 Å². The number of nitrogens with one attached hydrogen (secondary N) is 3. The van der Waals surface area contributed by atoms with Crippen LogP contribution in [0.3, 0.4) is 0 Å². The monoisotopic (exact) mass is 116 g/mol. The van der Waals surface area contributed by atoms with Gasteiger partial charge in [0.1, 0.15) is 0 Å². The van der Waals surface area contributed by atoms with Crippen molar-refractivity contribution in [3.8, 4) is 0 Å². The van der Waals surface area contributed by atoms with Crippen molar-refractivity contribution >= 4 is 5.91 Å². The Morgan fingerprint density at radius 1 is 1.75 bits per heavy atom. The van der Waals surface area contributed by atoms with E-state index in [0.717, 1.165) is 0 Å². The summed E-state index contributed by atoms with van der Waals surface area (Å²) in [5.41, 5.74) is 12.7. The summed E-state index contributed by atoms with van der Waals surface area (Å²) in [6.45, 7) is 0.478. The molecule has 1 heterocycles. The second-order valence-electron chi connectivity index (χ2n) is 1.60. The van der Waals surface area contributed by atoms with Crippen LogP contribution in [0.15, 0.2) is 0 Å². The highest BCUT2D eigenvalue weighted by molar-refractivity contribution is 5.81. The van der Waals surface area contributed by atoms with Crippen molar-refractivity contribution in [1.82, 2.24) is 16.4 Å². The first kappa shape index (κ1) is 5.49. The quantitative estimate of drug-likeness (QED) is 0.281. The van der Waals surface area contributed by atoms with Crippen LogP contribution in [0.1, 0.15) is 0 Å². The second-order valence-corrected chi connectivity index (χ2v) is 1.60. The second kappa shape index (κ2) is 2.08. The van der Waals surface area contributed by atoms with E-state index < -0.39 is 6.04 Å². The molecular weight excluding hydrogens is 108 g/mol. The third kappa shape index (κ3) is 0.945. The summed E-state index contributed by atoms with van der Waals surface area (Å²) >= 11 is 0. The molecule has 1 atom stereocenters. The molecule has 0 radical (unpaired) electrons. The first-order valence-corrected chi connectivity index (χ1v) is 2.34. The van der Waals surface area contributed by atoms with Crippen molar-refractivity contribution in [1.29, 1.82) is 0 Å². The molecule has 1 saturated heterocycles. The van der Waals surface area contributed by atoms with Crippen molar-refractivity contribution in [2.45, 2.75) is 6.04 Å². The number of hydrogen-bond donors (Lipinski definition) is 4. The van der Waals surface area contributed by atoms with Crippen molar-refractivity contribution in [2.24, 2.45) is 5.73 Å². The Bertz CT molecular complexity index is 103. The summed E-state index contributed by atoms with van der Waals surface area (Å²) in [6.07, 6.45) is 0. The highest BCUT2D eigenvalue weighted by atomic mass is 16.2. The zero-order valence-electron chi connectivity index (χ0n) is 4.27. The van der Waals surface area contributed by atoms with Crippen molar-refractivity contribution < 1.29 is 4.79 Å². The van der Waals surface area contributed by atoms with Crippen LogP contribution in [0.4, 0.5) is 0 Å². The predicted molar refractivity (Wildman–Crippen MR) is 27.3 cm³/mol. The summed E-state index contributed by atoms with van der Waals surface area (Å²) < 4.78 is 0. The van der Waals surface area contributed by atoms with E-state index in [0.29, 0.717) is 6.54 Å². The Morgan fingerprint density at radius 3 is 2.88 bits per heavy atom. The fourth-order valence-corrected chi connectivity index (χ4v) is 0.452. The third-order valence-corrected chi connectivity index (χ3v) is 0.933. The Hall–Kier alpha value is -0.650. The van der Waals surface area contributed by atoms with Gasteiger partial charge in [0, 0.05) is 6.54 Å². The molecular formula is C3H8N4O. The molecule has 0 spiro atoms. The Labute approximate surface area is 46.6 Å². The minimum absolute atomic E-state index is 0.177. The summed E-state index contributed by atoms with van der Waals surface area (Å²) in [4.78, 5) is 10.5. The number of hydrogen-bond acceptors (Lipinski definition) is 4. The summed E-state index contributed by atoms with van der Waals surface area (Å²) in [5.74, 6) is -0.177. The largest absolute Gasteiger partial charge is 0.319 e. The number of rotatable bonds is 0. The zero-order chi connectivity index (χ0) is 5.98. The van der Waals surface area contributed by atoms with Crippen LogP contribution in [-0.2, 0) is 4.79 Å². The van der Waals surface area contributed by atoms with E-state index in [1.165, 1.54) is 0 Å². The van der Waals surface area contributed by atoms with Crippen LogP contribution in [-0.4, -0.2) is 18.5 Å². The van der Waals surface area contributed by atoms with E-state index in [9.17, 15) is 4.79 Å². The maximum absolute atomic E-state index is 10.5. The van der Waals surface area contributed by atoms with E-state index in [4.69, 9.17) is 5.73 Å². The highest BCUT2D eigenvalue weighted by Gasteiger charge is 2.15. The molecule has 0 bridgehead atoms. The minimum Gasteiger partial charge on any atom is -0.319 e. The molecule has 0 aromatic rings. The number of carbonyl (C=O) groups is 1. The van der Waals surface area contributed by atoms with E-state index in [1.807, 2.05) is 0 Å². The Morgan fingerprint density at radius 2 is 2.50 bits per heavy atom. The molecule has 46 valence electrons. The lowest BCUT2D eigenvalue weighted by Crippen LogP contribution is -2.62. The molecule has 1 aliphatic heterocycles. The molecule has 0 aliphatic carbocycles. The van der Waals surface area contributed by atoms with Crippen LogP contribution >= 0.6 is 0 Å². The number of amides is 1. The topological polar surface area (TPSA) is 79.2 Å². The molecule has 5 N–H and O–H groups in total. The maximum Gasteiger partial charge on any atom is 0.253 e. The van der Waals surface area contributed by atoms with Crippen LogP contribution in [0.2, 0.25) is 0 Å². The number of carbonyl (C=O) groups excluding carboxylic acids is 1. The normalized spacial score (nSPS) is 29.6. The van der Waals surface area contributed by atoms with Gasteiger partial charge in [0.25, 0.3) is 5.91 Å². The average Bonchev–Trinajstić information content (AvgIpc) is 1.77. The predicted octanol–water partition coefficient (Wildman–Crippen LogP) is -2.55. The van der Waals surface area contributed by atoms with Crippen LogP contribution in [0.25, 0.3) is 0 Å². The maximum atomic E-state index is 10.5. The van der Waals surface area contributed by atoms with Gasteiger partial charge >= 0.3 is 0 Å². The van der Waals surface area contributed by atoms with E-state index in [-0.39, 0.29) is 5.91 Å². The Kier molecular flexibility index (Phi) is 1.43. The van der Waals surface area contributed by atoms with Gasteiger partial charge in [-0.05, 0) is 0 Å². The van der Waals surface area contributed by atoms with E-state index in [1.54, 1.807) is 0 Å². The van der Waals surface area contributed by atoms with Gasteiger partial charge in [-0.1, -0.05) is 0 Å². The van der Waals surface area contributed by atoms with Gasteiger partial charge in [0.2, 0.25) is 0 Å². The van der Waals surface area contributed by atoms with Crippen LogP contribution in [0.5, 0.6) is 0 Å². The lowest BCUT2D eigenvalue weighted by Gasteiger charge is -2.19. The first-order chi connectivity index (χ1) is 3.80. The molecule has 0 saturated carbocycles. The van der Waals surface area contributed by atoms with Gasteiger partial charge in [-0.25, -0.2) is 5.43 Å². The molecule has 5 heteroatoms. The molecule has 1 rings (SSSR count). The molecule has 1 fully saturated rings. The fraction of sp³-hybridized carbons (Fsp3) is 0.667. The molecule has 1 amide bonds. The van der Waals surface area contributed by atoms with Gasteiger partial charge < -0.3 is 5.73 Å². The molecule has 1 aliphatic rings. The molecule has 0 aromatic heterocycles. The number of hydrazine groups is 2. The van der Waals surface area contributed by atoms with Gasteiger partial charge in [-0.3, -0.25) is 10.2 Å². The number of nitrogens with two attached hydrogens (primary N) is 1. The van der Waals surface area contributed by atoms with E-state index >= 15 is 0 Å². The highest BCUT2D eigenvalue weighted by Crippen LogP contribution is 1.76. The lowest BCUT2D eigenvalue weighted by molar-refractivity contribution is -0.125. The fourth-order valence-electron chi connectivity index (χ4n) is 0.452. The van der Waals surface area contributed by atoms with Gasteiger partial charge in [0.15, 0.2) is 0 Å². The minimum atomic E-state index is -0.420. The lowest BCUT2D eigenvalue weighted by atomic mass is 10.3. The summed E-state index contributed by atoms with van der Waals surface area (Å²) in [5, 5.41) is 0. The summed E-state index contributed by atoms with van der Waals surface area (Å²) in [6, 6.07) is -0.420. The zero-order valence-corrected chi connectivity index (χ0v) is 4.27. The van der Waals surface area contributed by atoms with Crippen molar-refractivity contribution in [2.75, 3.05) is 6.54 Å². The average molecular weight is 116 g/mol. The molecule has 8 heavy (non-hydrogen) atoms. The van der Waals surface area contributed by atoms with Gasteiger partial charge in [0.05, 0.1) is 6.04 Å². The van der Waals surface area contributed by atoms with Crippen molar-refractivity contribution in [3.63, 3.8) is 0 Å². The molecule has 0 aromatic carbocycles. The molecule has 5 nitrogen and oxygen atoms in total. The van der Waals surface area contributed by atoms with Crippen LogP contribution in [0, 0.1) is 0 Å². The smallest absolute Gasteiger partial charge is 0.253 e. The standard InChI is InChI=1S/C3H8N4O/c4-2-1-5-7-6-3(2)8/h2,5,7H,1,4H2,(H,6,8). The van der Waals surface area contributed by atoms with Gasteiger partial charge in [-0.2, -0.15) is 5.53 Å². The SMILES string of the molecule is NC1CNNNC1=O. The first-order valence-electron chi connectivity index (χ1n) is 2.34. The Balaban J connectivity index is 2.39. The third-order valence-electron chi connectivity index (χ3n) is 0.933. The molecule has 1 unspecified atom stereocenters. The summed E-state index contributed by atoms with van der Waals surface area (Å²) in [7, 11) is 0.